The Labute approximate surface area is 95.5 Å². The molecule has 0 aliphatic heterocycles. The van der Waals surface area contributed by atoms with Crippen molar-refractivity contribution in [3.8, 4) is 0 Å². The van der Waals surface area contributed by atoms with Crippen LogP contribution in [0, 0.1) is 0 Å². The molecule has 1 aromatic rings. The molecule has 92 valence electrons. The Morgan fingerprint density at radius 3 is 2.18 bits per heavy atom. The van der Waals surface area contributed by atoms with Gasteiger partial charge in [0, 0.05) is 5.56 Å². The van der Waals surface area contributed by atoms with E-state index in [1.807, 2.05) is 0 Å². The second-order valence-corrected chi connectivity index (χ2v) is 3.05. The summed E-state index contributed by atoms with van der Waals surface area (Å²) in [5.74, 6) is -0.0782. The van der Waals surface area contributed by atoms with Crippen molar-refractivity contribution in [1.82, 2.24) is 0 Å². The summed E-state index contributed by atoms with van der Waals surface area (Å²) in [5, 5.41) is 0. The summed E-state index contributed by atoms with van der Waals surface area (Å²) in [6, 6.07) is 4.07. The van der Waals surface area contributed by atoms with E-state index in [0.717, 1.165) is 31.4 Å². The van der Waals surface area contributed by atoms with Crippen molar-refractivity contribution >= 4 is 11.9 Å². The van der Waals surface area contributed by atoms with E-state index in [4.69, 9.17) is 0 Å². The lowest BCUT2D eigenvalue weighted by Gasteiger charge is -2.09. The van der Waals surface area contributed by atoms with Crippen LogP contribution in [-0.4, -0.2) is 13.3 Å². The van der Waals surface area contributed by atoms with Crippen LogP contribution in [0.1, 0.15) is 11.1 Å². The van der Waals surface area contributed by atoms with Crippen molar-refractivity contribution in [3.05, 3.63) is 42.0 Å². The number of alkyl halides is 3. The van der Waals surface area contributed by atoms with Crippen molar-refractivity contribution < 1.29 is 27.4 Å². The highest BCUT2D eigenvalue weighted by molar-refractivity contribution is 5.71. The molecule has 0 N–H and O–H groups in total. The minimum atomic E-state index is -4.40. The minimum Gasteiger partial charge on any atom is -0.437 e. The first-order valence-corrected chi connectivity index (χ1v) is 4.47. The van der Waals surface area contributed by atoms with Crippen LogP contribution in [0.25, 0.3) is 5.76 Å². The third-order valence-electron chi connectivity index (χ3n) is 1.91. The van der Waals surface area contributed by atoms with E-state index in [1.54, 1.807) is 0 Å². The van der Waals surface area contributed by atoms with Gasteiger partial charge in [-0.05, 0) is 12.1 Å². The number of methoxy groups -OCH3 is 1. The van der Waals surface area contributed by atoms with Gasteiger partial charge < -0.3 is 9.47 Å². The number of carbonyl (C=O) groups is 1. The Morgan fingerprint density at radius 1 is 1.24 bits per heavy atom. The number of ether oxygens (including phenoxy) is 2. The molecule has 0 aromatic heterocycles. The summed E-state index contributed by atoms with van der Waals surface area (Å²) < 4.78 is 45.6. The maximum Gasteiger partial charge on any atom is 0.513 e. The zero-order valence-corrected chi connectivity index (χ0v) is 8.88. The first-order chi connectivity index (χ1) is 7.84. The second kappa shape index (κ2) is 4.90. The van der Waals surface area contributed by atoms with Crippen LogP contribution in [0.15, 0.2) is 30.8 Å². The van der Waals surface area contributed by atoms with Crippen molar-refractivity contribution in [2.75, 3.05) is 7.11 Å². The summed E-state index contributed by atoms with van der Waals surface area (Å²) in [6.07, 6.45) is -5.38. The van der Waals surface area contributed by atoms with Gasteiger partial charge in [0.15, 0.2) is 0 Å². The molecule has 0 aliphatic carbocycles. The van der Waals surface area contributed by atoms with E-state index in [9.17, 15) is 18.0 Å². The van der Waals surface area contributed by atoms with Gasteiger partial charge in [0.25, 0.3) is 0 Å². The van der Waals surface area contributed by atoms with Crippen molar-refractivity contribution in [2.45, 2.75) is 6.18 Å². The van der Waals surface area contributed by atoms with E-state index in [-0.39, 0.29) is 11.3 Å². The first-order valence-electron chi connectivity index (χ1n) is 4.47. The maximum atomic E-state index is 12.3. The highest BCUT2D eigenvalue weighted by Crippen LogP contribution is 2.30. The molecule has 0 aliphatic rings. The van der Waals surface area contributed by atoms with E-state index < -0.39 is 17.9 Å². The van der Waals surface area contributed by atoms with Crippen LogP contribution >= 0.6 is 0 Å². The fraction of sp³-hybridized carbons (Fsp3) is 0.182. The molecule has 1 aromatic carbocycles. The third kappa shape index (κ3) is 3.51. The molecule has 1 rings (SSSR count). The molecule has 0 heterocycles. The summed E-state index contributed by atoms with van der Waals surface area (Å²) >= 11 is 0. The van der Waals surface area contributed by atoms with Gasteiger partial charge in [0.2, 0.25) is 0 Å². The lowest BCUT2D eigenvalue weighted by molar-refractivity contribution is -0.137. The normalized spacial score (nSPS) is 10.8. The molecule has 0 unspecified atom stereocenters. The van der Waals surface area contributed by atoms with Gasteiger partial charge >= 0.3 is 12.3 Å². The monoisotopic (exact) mass is 246 g/mol. The number of rotatable bonds is 2. The standard InChI is InChI=1S/C11H9F3O3/c1-7(17-10(15)16-2)8-3-5-9(6-4-8)11(12,13)14/h3-6H,1H2,2H3. The largest absolute Gasteiger partial charge is 0.513 e. The fourth-order valence-corrected chi connectivity index (χ4v) is 1.05. The zero-order chi connectivity index (χ0) is 13.1. The predicted molar refractivity (Wildman–Crippen MR) is 54.0 cm³/mol. The molecule has 0 fully saturated rings. The second-order valence-electron chi connectivity index (χ2n) is 3.05. The van der Waals surface area contributed by atoms with Crippen LogP contribution in [0.4, 0.5) is 18.0 Å². The van der Waals surface area contributed by atoms with Crippen molar-refractivity contribution in [3.63, 3.8) is 0 Å². The molecule has 0 atom stereocenters. The maximum absolute atomic E-state index is 12.3. The van der Waals surface area contributed by atoms with Gasteiger partial charge in [0.1, 0.15) is 5.76 Å². The Bertz CT molecular complexity index is 421. The molecule has 0 saturated carbocycles. The highest BCUT2D eigenvalue weighted by Gasteiger charge is 2.30. The number of halogens is 3. The quantitative estimate of drug-likeness (QED) is 0.592. The van der Waals surface area contributed by atoms with Crippen molar-refractivity contribution in [1.29, 1.82) is 0 Å². The van der Waals surface area contributed by atoms with Gasteiger partial charge in [-0.1, -0.05) is 18.7 Å². The molecule has 3 nitrogen and oxygen atoms in total. The summed E-state index contributed by atoms with van der Waals surface area (Å²) in [4.78, 5) is 10.7. The SMILES string of the molecule is C=C(OC(=O)OC)c1ccc(C(F)(F)F)cc1. The summed E-state index contributed by atoms with van der Waals surface area (Å²) in [5.41, 5.74) is -0.518. The van der Waals surface area contributed by atoms with Gasteiger partial charge in [0.05, 0.1) is 12.7 Å². The van der Waals surface area contributed by atoms with Crippen molar-refractivity contribution in [2.24, 2.45) is 0 Å². The fourth-order valence-electron chi connectivity index (χ4n) is 1.05. The molecule has 6 heteroatoms. The molecule has 0 radical (unpaired) electrons. The van der Waals surface area contributed by atoms with Crippen LogP contribution in [0.2, 0.25) is 0 Å². The zero-order valence-electron chi connectivity index (χ0n) is 8.88. The highest BCUT2D eigenvalue weighted by atomic mass is 19.4. The van der Waals surface area contributed by atoms with E-state index in [2.05, 4.69) is 16.1 Å². The Morgan fingerprint density at radius 2 is 1.76 bits per heavy atom. The van der Waals surface area contributed by atoms with Gasteiger partial charge in [-0.25, -0.2) is 4.79 Å². The lowest BCUT2D eigenvalue weighted by atomic mass is 10.1. The molecule has 0 amide bonds. The van der Waals surface area contributed by atoms with E-state index in [1.165, 1.54) is 0 Å². The van der Waals surface area contributed by atoms with Gasteiger partial charge in [-0.15, -0.1) is 0 Å². The lowest BCUT2D eigenvalue weighted by Crippen LogP contribution is -2.05. The number of hydrogen-bond acceptors (Lipinski definition) is 3. The van der Waals surface area contributed by atoms with Crippen LogP contribution in [-0.2, 0) is 15.7 Å². The Kier molecular flexibility index (Phi) is 3.77. The Balaban J connectivity index is 2.81. The molecule has 0 spiro atoms. The molecule has 0 bridgehead atoms. The smallest absolute Gasteiger partial charge is 0.437 e. The number of hydrogen-bond donors (Lipinski definition) is 0. The van der Waals surface area contributed by atoms with Crippen LogP contribution in [0.5, 0.6) is 0 Å². The summed E-state index contributed by atoms with van der Waals surface area (Å²) in [7, 11) is 1.11. The summed E-state index contributed by atoms with van der Waals surface area (Å²) in [6.45, 7) is 3.40. The molecular formula is C11H9F3O3. The van der Waals surface area contributed by atoms with Crippen LogP contribution in [0.3, 0.4) is 0 Å². The first kappa shape index (κ1) is 13.1. The van der Waals surface area contributed by atoms with E-state index in [0.29, 0.717) is 0 Å². The number of carbonyl (C=O) groups excluding carboxylic acids is 1. The Hall–Kier alpha value is -1.98. The topological polar surface area (TPSA) is 35.5 Å². The predicted octanol–water partition coefficient (Wildman–Crippen LogP) is 3.46. The molecule has 0 saturated heterocycles. The van der Waals surface area contributed by atoms with Crippen LogP contribution < -0.4 is 0 Å². The third-order valence-corrected chi connectivity index (χ3v) is 1.91. The molecule has 17 heavy (non-hydrogen) atoms. The van der Waals surface area contributed by atoms with Gasteiger partial charge in [-0.2, -0.15) is 13.2 Å². The van der Waals surface area contributed by atoms with E-state index >= 15 is 0 Å². The average Bonchev–Trinajstić information content (AvgIpc) is 2.27. The average molecular weight is 246 g/mol. The molecular weight excluding hydrogens is 237 g/mol. The number of benzene rings is 1. The minimum absolute atomic E-state index is 0.0782. The van der Waals surface area contributed by atoms with Gasteiger partial charge in [-0.3, -0.25) is 0 Å².